The van der Waals surface area contributed by atoms with Crippen LogP contribution < -0.4 is 4.80 Å². The molecule has 0 fully saturated rings. The molecule has 0 aliphatic carbocycles. The van der Waals surface area contributed by atoms with Crippen LogP contribution in [0.1, 0.15) is 10.4 Å². The summed E-state index contributed by atoms with van der Waals surface area (Å²) >= 11 is 4.59. The zero-order chi connectivity index (χ0) is 17.3. The van der Waals surface area contributed by atoms with Gasteiger partial charge in [0.05, 0.1) is 16.8 Å². The van der Waals surface area contributed by atoms with Gasteiger partial charge in [-0.25, -0.2) is 8.78 Å². The second kappa shape index (κ2) is 6.67. The highest BCUT2D eigenvalue weighted by atomic mass is 79.9. The molecule has 1 aromatic heterocycles. The summed E-state index contributed by atoms with van der Waals surface area (Å²) in [5.74, 6) is -0.389. The predicted molar refractivity (Wildman–Crippen MR) is 92.6 cm³/mol. The third-order valence-electron chi connectivity index (χ3n) is 3.27. The van der Waals surface area contributed by atoms with Crippen LogP contribution in [-0.4, -0.2) is 10.5 Å². The number of terminal acetylenes is 1. The Morgan fingerprint density at radius 2 is 2.00 bits per heavy atom. The Morgan fingerprint density at radius 1 is 1.29 bits per heavy atom. The number of nitrogens with zero attached hydrogens (tertiary/aromatic N) is 2. The minimum atomic E-state index is -0.984. The lowest BCUT2D eigenvalue weighted by Gasteiger charge is -2.01. The number of thiazole rings is 1. The standard InChI is InChI=1S/C17H9BrF2N2OS/c1-2-8-22-13-7-6-10(18)9-14(13)24-17(22)21-16(23)15-11(19)4-3-5-12(15)20/h1,3-7,9H,8H2. The molecular formula is C17H9BrF2N2OS. The van der Waals surface area contributed by atoms with Gasteiger partial charge in [0.1, 0.15) is 17.2 Å². The summed E-state index contributed by atoms with van der Waals surface area (Å²) in [4.78, 5) is 16.4. The summed E-state index contributed by atoms with van der Waals surface area (Å²) in [5.41, 5.74) is 0.116. The zero-order valence-electron chi connectivity index (χ0n) is 12.1. The maximum Gasteiger partial charge on any atom is 0.285 e. The number of fused-ring (bicyclic) bond motifs is 1. The van der Waals surface area contributed by atoms with E-state index >= 15 is 0 Å². The molecule has 120 valence electrons. The summed E-state index contributed by atoms with van der Waals surface area (Å²) < 4.78 is 30.9. The lowest BCUT2D eigenvalue weighted by molar-refractivity contribution is 0.0990. The van der Waals surface area contributed by atoms with Crippen LogP contribution in [0, 0.1) is 24.0 Å². The first-order valence-corrected chi connectivity index (χ1v) is 8.37. The number of carbonyl (C=O) groups excluding carboxylic acids is 1. The lowest BCUT2D eigenvalue weighted by Crippen LogP contribution is -2.17. The number of hydrogen-bond donors (Lipinski definition) is 0. The molecule has 0 unspecified atom stereocenters. The van der Waals surface area contributed by atoms with E-state index in [9.17, 15) is 13.6 Å². The van der Waals surface area contributed by atoms with E-state index < -0.39 is 23.1 Å². The van der Waals surface area contributed by atoms with Gasteiger partial charge in [0.25, 0.3) is 5.91 Å². The fourth-order valence-corrected chi connectivity index (χ4v) is 3.80. The van der Waals surface area contributed by atoms with Crippen LogP contribution >= 0.6 is 27.3 Å². The van der Waals surface area contributed by atoms with Crippen molar-refractivity contribution in [2.24, 2.45) is 4.99 Å². The monoisotopic (exact) mass is 406 g/mol. The maximum atomic E-state index is 13.7. The van der Waals surface area contributed by atoms with E-state index in [4.69, 9.17) is 6.42 Å². The van der Waals surface area contributed by atoms with Gasteiger partial charge in [0.2, 0.25) is 0 Å². The van der Waals surface area contributed by atoms with Crippen molar-refractivity contribution in [2.75, 3.05) is 0 Å². The molecule has 0 saturated heterocycles. The number of benzene rings is 2. The van der Waals surface area contributed by atoms with Crippen molar-refractivity contribution >= 4 is 43.4 Å². The van der Waals surface area contributed by atoms with E-state index in [0.717, 1.165) is 26.8 Å². The van der Waals surface area contributed by atoms with Crippen molar-refractivity contribution in [1.29, 1.82) is 0 Å². The molecule has 0 bridgehead atoms. The van der Waals surface area contributed by atoms with Crippen LogP contribution in [0.4, 0.5) is 8.78 Å². The molecule has 1 heterocycles. The van der Waals surface area contributed by atoms with Gasteiger partial charge in [-0.15, -0.1) is 6.42 Å². The second-order valence-electron chi connectivity index (χ2n) is 4.80. The molecule has 24 heavy (non-hydrogen) atoms. The molecule has 0 radical (unpaired) electrons. The molecule has 0 saturated carbocycles. The van der Waals surface area contributed by atoms with E-state index in [1.165, 1.54) is 17.4 Å². The van der Waals surface area contributed by atoms with Crippen molar-refractivity contribution in [3.05, 3.63) is 62.9 Å². The van der Waals surface area contributed by atoms with Gasteiger partial charge in [-0.1, -0.05) is 39.3 Å². The normalized spacial score (nSPS) is 11.7. The number of hydrogen-bond acceptors (Lipinski definition) is 2. The SMILES string of the molecule is C#CCn1c(=NC(=O)c2c(F)cccc2F)sc2cc(Br)ccc21. The number of halogens is 3. The average molecular weight is 407 g/mol. The first-order chi connectivity index (χ1) is 11.5. The summed E-state index contributed by atoms with van der Waals surface area (Å²) in [7, 11) is 0. The van der Waals surface area contributed by atoms with E-state index in [0.29, 0.717) is 0 Å². The van der Waals surface area contributed by atoms with Crippen molar-refractivity contribution in [2.45, 2.75) is 6.54 Å². The number of amides is 1. The zero-order valence-corrected chi connectivity index (χ0v) is 14.5. The van der Waals surface area contributed by atoms with Gasteiger partial charge in [0, 0.05) is 4.47 Å². The van der Waals surface area contributed by atoms with Gasteiger partial charge in [-0.2, -0.15) is 4.99 Å². The van der Waals surface area contributed by atoms with E-state index in [1.54, 1.807) is 4.57 Å². The highest BCUT2D eigenvalue weighted by Gasteiger charge is 2.17. The minimum absolute atomic E-state index is 0.188. The Morgan fingerprint density at radius 3 is 2.67 bits per heavy atom. The lowest BCUT2D eigenvalue weighted by atomic mass is 10.2. The molecule has 0 atom stereocenters. The van der Waals surface area contributed by atoms with E-state index in [1.807, 2.05) is 18.2 Å². The highest BCUT2D eigenvalue weighted by Crippen LogP contribution is 2.22. The van der Waals surface area contributed by atoms with Gasteiger partial charge < -0.3 is 4.57 Å². The number of aromatic nitrogens is 1. The van der Waals surface area contributed by atoms with Crippen molar-refractivity contribution in [3.63, 3.8) is 0 Å². The van der Waals surface area contributed by atoms with Gasteiger partial charge in [-0.05, 0) is 30.3 Å². The van der Waals surface area contributed by atoms with E-state index in [2.05, 4.69) is 26.8 Å². The van der Waals surface area contributed by atoms with Gasteiger partial charge in [0.15, 0.2) is 4.80 Å². The number of carbonyl (C=O) groups is 1. The molecule has 0 aliphatic rings. The predicted octanol–water partition coefficient (Wildman–Crippen LogP) is 4.12. The highest BCUT2D eigenvalue weighted by molar-refractivity contribution is 9.10. The van der Waals surface area contributed by atoms with Crippen LogP contribution in [-0.2, 0) is 6.54 Å². The Labute approximate surface area is 148 Å². The quantitative estimate of drug-likeness (QED) is 0.589. The van der Waals surface area contributed by atoms with Gasteiger partial charge in [-0.3, -0.25) is 4.79 Å². The van der Waals surface area contributed by atoms with Crippen molar-refractivity contribution < 1.29 is 13.6 Å². The fourth-order valence-electron chi connectivity index (χ4n) is 2.22. The van der Waals surface area contributed by atoms with Crippen molar-refractivity contribution in [3.8, 4) is 12.3 Å². The van der Waals surface area contributed by atoms with Gasteiger partial charge >= 0.3 is 0 Å². The molecule has 0 N–H and O–H groups in total. The fraction of sp³-hybridized carbons (Fsp3) is 0.0588. The van der Waals surface area contributed by atoms with Crippen molar-refractivity contribution in [1.82, 2.24) is 4.57 Å². The Balaban J connectivity index is 2.21. The smallest absolute Gasteiger partial charge is 0.285 e. The van der Waals surface area contributed by atoms with Crippen LogP contribution in [0.3, 0.4) is 0 Å². The third kappa shape index (κ3) is 3.03. The maximum absolute atomic E-state index is 13.7. The largest absolute Gasteiger partial charge is 0.305 e. The molecule has 7 heteroatoms. The Hall–Kier alpha value is -2.30. The van der Waals surface area contributed by atoms with Crippen LogP contribution in [0.25, 0.3) is 10.2 Å². The molecule has 3 aromatic rings. The van der Waals surface area contributed by atoms with Crippen LogP contribution in [0.5, 0.6) is 0 Å². The van der Waals surface area contributed by atoms with E-state index in [-0.39, 0.29) is 11.3 Å². The molecule has 2 aromatic carbocycles. The molecule has 3 nitrogen and oxygen atoms in total. The molecule has 1 amide bonds. The number of rotatable bonds is 2. The molecule has 0 aliphatic heterocycles. The Bertz CT molecular complexity index is 1040. The minimum Gasteiger partial charge on any atom is -0.305 e. The third-order valence-corrected chi connectivity index (χ3v) is 4.80. The summed E-state index contributed by atoms with van der Waals surface area (Å²) in [6, 6.07) is 8.76. The summed E-state index contributed by atoms with van der Waals surface area (Å²) in [5, 5.41) is 0. The first-order valence-electron chi connectivity index (χ1n) is 6.76. The Kier molecular flexibility index (Phi) is 4.60. The van der Waals surface area contributed by atoms with Crippen LogP contribution in [0.15, 0.2) is 45.9 Å². The summed E-state index contributed by atoms with van der Waals surface area (Å²) in [6.07, 6.45) is 5.38. The summed E-state index contributed by atoms with van der Waals surface area (Å²) in [6.45, 7) is 0.188. The first kappa shape index (κ1) is 16.6. The average Bonchev–Trinajstić information content (AvgIpc) is 2.84. The van der Waals surface area contributed by atoms with Crippen LogP contribution in [0.2, 0.25) is 0 Å². The molecular weight excluding hydrogens is 398 g/mol. The molecule has 0 spiro atoms. The second-order valence-corrected chi connectivity index (χ2v) is 6.73. The molecule has 3 rings (SSSR count). The topological polar surface area (TPSA) is 34.4 Å².